The van der Waals surface area contributed by atoms with Gasteiger partial charge in [-0.3, -0.25) is 14.9 Å². The number of rotatable bonds is 6. The third-order valence-electron chi connectivity index (χ3n) is 4.91. The molecule has 3 rings (SSSR count). The molecule has 2 aromatic carbocycles. The first-order valence-corrected chi connectivity index (χ1v) is 9.43. The number of ether oxygens (including phenoxy) is 2. The Balaban J connectivity index is 1.73. The van der Waals surface area contributed by atoms with Gasteiger partial charge in [0, 0.05) is 11.6 Å². The maximum atomic E-state index is 12.5. The first-order valence-electron chi connectivity index (χ1n) is 9.43. The Kier molecular flexibility index (Phi) is 6.43. The number of carbonyl (C=O) groups excluding carboxylic acids is 2. The summed E-state index contributed by atoms with van der Waals surface area (Å²) < 4.78 is 10.2. The van der Waals surface area contributed by atoms with Crippen molar-refractivity contribution in [3.05, 3.63) is 58.1 Å². The van der Waals surface area contributed by atoms with E-state index in [0.29, 0.717) is 5.69 Å². The summed E-state index contributed by atoms with van der Waals surface area (Å²) in [6.07, 6.45) is 4.99. The van der Waals surface area contributed by atoms with E-state index in [1.54, 1.807) is 12.1 Å². The molecule has 0 spiro atoms. The summed E-state index contributed by atoms with van der Waals surface area (Å²) in [5.74, 6) is -0.726. The van der Waals surface area contributed by atoms with Gasteiger partial charge in [-0.15, -0.1) is 0 Å². The number of amides is 1. The smallest absolute Gasteiger partial charge is 0.343 e. The molecule has 29 heavy (non-hydrogen) atoms. The highest BCUT2D eigenvalue weighted by atomic mass is 16.6. The highest BCUT2D eigenvalue weighted by Crippen LogP contribution is 2.32. The van der Waals surface area contributed by atoms with Crippen LogP contribution in [0.4, 0.5) is 11.4 Å². The molecule has 0 radical (unpaired) electrons. The Hall–Kier alpha value is -3.42. The number of nitrogens with one attached hydrogen (secondary N) is 1. The van der Waals surface area contributed by atoms with Gasteiger partial charge in [0.2, 0.25) is 11.7 Å². The Morgan fingerprint density at radius 3 is 2.55 bits per heavy atom. The molecule has 0 saturated heterocycles. The number of nitro benzene ring substituents is 1. The maximum absolute atomic E-state index is 12.5. The minimum Gasteiger partial charge on any atom is -0.496 e. The lowest BCUT2D eigenvalue weighted by molar-refractivity contribution is -0.385. The largest absolute Gasteiger partial charge is 0.496 e. The summed E-state index contributed by atoms with van der Waals surface area (Å²) in [6.45, 7) is 0. The van der Waals surface area contributed by atoms with Gasteiger partial charge in [-0.25, -0.2) is 4.79 Å². The molecule has 1 aliphatic carbocycles. The van der Waals surface area contributed by atoms with Crippen LogP contribution >= 0.6 is 0 Å². The van der Waals surface area contributed by atoms with E-state index in [2.05, 4.69) is 5.32 Å². The molecule has 0 atom stereocenters. The predicted molar refractivity (Wildman–Crippen MR) is 106 cm³/mol. The number of anilines is 1. The quantitative estimate of drug-likeness (QED) is 0.336. The number of carbonyl (C=O) groups is 2. The average Bonchev–Trinajstić information content (AvgIpc) is 2.74. The molecule has 0 heterocycles. The number of hydrogen-bond donors (Lipinski definition) is 1. The number of benzene rings is 2. The fourth-order valence-corrected chi connectivity index (χ4v) is 3.34. The zero-order chi connectivity index (χ0) is 20.8. The fraction of sp³-hybridized carbons (Fsp3) is 0.333. The average molecular weight is 398 g/mol. The van der Waals surface area contributed by atoms with Crippen LogP contribution in [0.5, 0.6) is 11.5 Å². The van der Waals surface area contributed by atoms with Crippen molar-refractivity contribution < 1.29 is 24.0 Å². The highest BCUT2D eigenvalue weighted by molar-refractivity contribution is 5.96. The second-order valence-electron chi connectivity index (χ2n) is 6.89. The molecule has 0 aromatic heterocycles. The molecule has 1 aliphatic rings. The SMILES string of the molecule is COc1ccc(OC(=O)c2cccc(NC(=O)C3CCCCC3)c2)c([N+](=O)[O-])c1. The van der Waals surface area contributed by atoms with Crippen molar-refractivity contribution in [3.8, 4) is 11.5 Å². The molecule has 1 fully saturated rings. The molecule has 8 nitrogen and oxygen atoms in total. The molecular formula is C21H22N2O6. The van der Waals surface area contributed by atoms with Crippen molar-refractivity contribution in [2.24, 2.45) is 5.92 Å². The Morgan fingerprint density at radius 1 is 1.10 bits per heavy atom. The van der Waals surface area contributed by atoms with E-state index in [0.717, 1.165) is 32.1 Å². The Morgan fingerprint density at radius 2 is 1.86 bits per heavy atom. The molecule has 152 valence electrons. The summed E-state index contributed by atoms with van der Waals surface area (Å²) >= 11 is 0. The van der Waals surface area contributed by atoms with Crippen LogP contribution in [0.25, 0.3) is 0 Å². The molecule has 0 aliphatic heterocycles. The van der Waals surface area contributed by atoms with E-state index in [-0.39, 0.29) is 34.6 Å². The number of nitro groups is 1. The standard InChI is InChI=1S/C21H22N2O6/c1-28-17-10-11-19(18(13-17)23(26)27)29-21(25)15-8-5-9-16(12-15)22-20(24)14-6-3-2-4-7-14/h5,8-14H,2-4,6-7H2,1H3,(H,22,24). The summed E-state index contributed by atoms with van der Waals surface area (Å²) in [5.41, 5.74) is 0.287. The molecule has 2 aromatic rings. The van der Waals surface area contributed by atoms with E-state index in [1.807, 2.05) is 0 Å². The number of methoxy groups -OCH3 is 1. The second kappa shape index (κ2) is 9.18. The minimum absolute atomic E-state index is 0.0127. The van der Waals surface area contributed by atoms with E-state index >= 15 is 0 Å². The number of nitrogens with zero attached hydrogens (tertiary/aromatic N) is 1. The molecule has 0 bridgehead atoms. The van der Waals surface area contributed by atoms with Crippen molar-refractivity contribution in [1.82, 2.24) is 0 Å². The second-order valence-corrected chi connectivity index (χ2v) is 6.89. The maximum Gasteiger partial charge on any atom is 0.343 e. The van der Waals surface area contributed by atoms with Gasteiger partial charge in [0.15, 0.2) is 0 Å². The minimum atomic E-state index is -0.757. The molecular weight excluding hydrogens is 376 g/mol. The first-order chi connectivity index (χ1) is 14.0. The summed E-state index contributed by atoms with van der Waals surface area (Å²) in [5, 5.41) is 14.1. The lowest BCUT2D eigenvalue weighted by Gasteiger charge is -2.20. The van der Waals surface area contributed by atoms with Crippen LogP contribution in [0.15, 0.2) is 42.5 Å². The van der Waals surface area contributed by atoms with E-state index in [1.165, 1.54) is 37.4 Å². The molecule has 8 heteroatoms. The van der Waals surface area contributed by atoms with Gasteiger partial charge < -0.3 is 14.8 Å². The van der Waals surface area contributed by atoms with Crippen LogP contribution in [0.3, 0.4) is 0 Å². The molecule has 1 amide bonds. The van der Waals surface area contributed by atoms with E-state index in [4.69, 9.17) is 9.47 Å². The van der Waals surface area contributed by atoms with Crippen LogP contribution in [0.2, 0.25) is 0 Å². The lowest BCUT2D eigenvalue weighted by atomic mass is 9.88. The van der Waals surface area contributed by atoms with E-state index in [9.17, 15) is 19.7 Å². The van der Waals surface area contributed by atoms with Gasteiger partial charge in [-0.05, 0) is 43.2 Å². The summed E-state index contributed by atoms with van der Waals surface area (Å²) in [7, 11) is 1.39. The number of hydrogen-bond acceptors (Lipinski definition) is 6. The van der Waals surface area contributed by atoms with E-state index < -0.39 is 10.9 Å². The lowest BCUT2D eigenvalue weighted by Crippen LogP contribution is -2.24. The highest BCUT2D eigenvalue weighted by Gasteiger charge is 2.22. The topological polar surface area (TPSA) is 108 Å². The van der Waals surface area contributed by atoms with Crippen LogP contribution in [0.1, 0.15) is 42.5 Å². The van der Waals surface area contributed by atoms with Gasteiger partial charge in [0.25, 0.3) is 0 Å². The predicted octanol–water partition coefficient (Wildman–Crippen LogP) is 4.34. The summed E-state index contributed by atoms with van der Waals surface area (Å²) in [4.78, 5) is 35.5. The normalized spacial score (nSPS) is 14.1. The van der Waals surface area contributed by atoms with Crippen molar-refractivity contribution >= 4 is 23.3 Å². The van der Waals surface area contributed by atoms with Gasteiger partial charge in [-0.1, -0.05) is 25.3 Å². The van der Waals surface area contributed by atoms with Gasteiger partial charge >= 0.3 is 11.7 Å². The van der Waals surface area contributed by atoms with Crippen LogP contribution < -0.4 is 14.8 Å². The van der Waals surface area contributed by atoms with Crippen molar-refractivity contribution in [1.29, 1.82) is 0 Å². The van der Waals surface area contributed by atoms with Crippen molar-refractivity contribution in [3.63, 3.8) is 0 Å². The van der Waals surface area contributed by atoms with Gasteiger partial charge in [0.05, 0.1) is 23.7 Å². The fourth-order valence-electron chi connectivity index (χ4n) is 3.34. The van der Waals surface area contributed by atoms with Crippen LogP contribution in [0, 0.1) is 16.0 Å². The zero-order valence-corrected chi connectivity index (χ0v) is 16.1. The monoisotopic (exact) mass is 398 g/mol. The van der Waals surface area contributed by atoms with Crippen LogP contribution in [-0.2, 0) is 4.79 Å². The third kappa shape index (κ3) is 5.10. The molecule has 0 unspecified atom stereocenters. The van der Waals surface area contributed by atoms with Gasteiger partial charge in [0.1, 0.15) is 5.75 Å². The van der Waals surface area contributed by atoms with Crippen molar-refractivity contribution in [2.75, 3.05) is 12.4 Å². The number of esters is 1. The third-order valence-corrected chi connectivity index (χ3v) is 4.91. The zero-order valence-electron chi connectivity index (χ0n) is 16.1. The summed E-state index contributed by atoms with van der Waals surface area (Å²) in [6, 6.07) is 10.3. The first kappa shape index (κ1) is 20.3. The molecule has 1 saturated carbocycles. The Bertz CT molecular complexity index is 921. The molecule has 1 N–H and O–H groups in total. The Labute approximate surface area is 168 Å². The van der Waals surface area contributed by atoms with Crippen molar-refractivity contribution in [2.45, 2.75) is 32.1 Å². The van der Waals surface area contributed by atoms with Gasteiger partial charge in [-0.2, -0.15) is 0 Å². The van der Waals surface area contributed by atoms with Crippen LogP contribution in [-0.4, -0.2) is 23.9 Å².